The molecule has 7 aromatic carbocycles. The van der Waals surface area contributed by atoms with Crippen molar-refractivity contribution in [3.63, 3.8) is 0 Å². The lowest BCUT2D eigenvalue weighted by molar-refractivity contribution is 1.42. The minimum atomic E-state index is 0.0609. The number of pyridine rings is 1. The number of rotatable bonds is 3. The number of nitrogens with one attached hydrogen (secondary N) is 1. The highest BCUT2D eigenvalue weighted by Gasteiger charge is 2.17. The standard InChI is InChI=1S/C32H21N3S.2C7H8/c33-32(34)28-18-20(22-15-16-35-30-26-11-5-6-12-29(26)36-31(22)30)13-14-25(28)27-17-19-7-1-2-8-21(19)23-9-3-4-10-24(23)27;2*1-7-5-3-2-4-6-7/h1-18H,(H3,33,34);2*2-6H,1H3. The Bertz CT molecular complexity index is 2550. The van der Waals surface area contributed by atoms with E-state index in [2.05, 4.69) is 146 Å². The van der Waals surface area contributed by atoms with Crippen molar-refractivity contribution in [1.82, 2.24) is 4.98 Å². The molecular weight excluding hydrogens is 627 g/mol. The molecule has 0 aliphatic carbocycles. The lowest BCUT2D eigenvalue weighted by atomic mass is 9.89. The average molecular weight is 664 g/mol. The van der Waals surface area contributed by atoms with Gasteiger partial charge in [0.1, 0.15) is 5.84 Å². The summed E-state index contributed by atoms with van der Waals surface area (Å²) in [5.74, 6) is 0.0609. The Morgan fingerprint density at radius 1 is 0.540 bits per heavy atom. The fraction of sp³-hybridized carbons (Fsp3) is 0.0435. The fourth-order valence-electron chi connectivity index (χ4n) is 6.35. The lowest BCUT2D eigenvalue weighted by Gasteiger charge is -2.15. The number of thiophene rings is 1. The quantitative estimate of drug-likeness (QED) is 0.112. The first kappa shape index (κ1) is 32.4. The highest BCUT2D eigenvalue weighted by Crippen LogP contribution is 2.41. The molecule has 0 unspecified atom stereocenters. The topological polar surface area (TPSA) is 62.8 Å². The predicted octanol–water partition coefficient (Wildman–Crippen LogP) is 12.4. The van der Waals surface area contributed by atoms with Gasteiger partial charge < -0.3 is 5.73 Å². The van der Waals surface area contributed by atoms with Gasteiger partial charge in [-0.05, 0) is 76.3 Å². The van der Waals surface area contributed by atoms with Gasteiger partial charge in [0.15, 0.2) is 0 Å². The largest absolute Gasteiger partial charge is 0.384 e. The number of nitrogen functional groups attached to an aromatic ring is 1. The number of aromatic nitrogens is 1. The van der Waals surface area contributed by atoms with Crippen molar-refractivity contribution >= 4 is 59.0 Å². The Balaban J connectivity index is 0.000000233. The Labute approximate surface area is 296 Å². The Kier molecular flexibility index (Phi) is 9.45. The van der Waals surface area contributed by atoms with Gasteiger partial charge in [-0.1, -0.05) is 151 Å². The number of nitrogens with two attached hydrogens (primary N) is 1. The molecule has 50 heavy (non-hydrogen) atoms. The molecule has 0 fully saturated rings. The van der Waals surface area contributed by atoms with Crippen LogP contribution >= 0.6 is 11.3 Å². The molecule has 2 aromatic heterocycles. The molecule has 3 nitrogen and oxygen atoms in total. The van der Waals surface area contributed by atoms with Crippen LogP contribution in [-0.2, 0) is 0 Å². The molecule has 4 heteroatoms. The summed E-state index contributed by atoms with van der Waals surface area (Å²) in [5.41, 5.74) is 14.8. The van der Waals surface area contributed by atoms with E-state index in [1.54, 1.807) is 11.3 Å². The van der Waals surface area contributed by atoms with Crippen LogP contribution < -0.4 is 5.73 Å². The first-order valence-electron chi connectivity index (χ1n) is 16.7. The number of benzene rings is 7. The van der Waals surface area contributed by atoms with Crippen LogP contribution in [-0.4, -0.2) is 10.8 Å². The first-order chi connectivity index (χ1) is 24.5. The second kappa shape index (κ2) is 14.6. The second-order valence-corrected chi connectivity index (χ2v) is 13.4. The maximum Gasteiger partial charge on any atom is 0.123 e. The summed E-state index contributed by atoms with van der Waals surface area (Å²) >= 11 is 1.75. The number of hydrogen-bond donors (Lipinski definition) is 2. The molecule has 0 aliphatic heterocycles. The molecule has 3 N–H and O–H groups in total. The van der Waals surface area contributed by atoms with Gasteiger partial charge in [-0.25, -0.2) is 0 Å². The summed E-state index contributed by atoms with van der Waals surface area (Å²) in [5, 5.41) is 14.4. The second-order valence-electron chi connectivity index (χ2n) is 12.3. The number of amidine groups is 1. The van der Waals surface area contributed by atoms with Crippen LogP contribution in [0.15, 0.2) is 170 Å². The molecule has 0 spiro atoms. The number of hydrogen-bond acceptors (Lipinski definition) is 3. The summed E-state index contributed by atoms with van der Waals surface area (Å²) < 4.78 is 2.37. The van der Waals surface area contributed by atoms with E-state index in [0.717, 1.165) is 43.4 Å². The van der Waals surface area contributed by atoms with Crippen molar-refractivity contribution in [2.24, 2.45) is 5.73 Å². The normalized spacial score (nSPS) is 10.8. The summed E-state index contributed by atoms with van der Waals surface area (Å²) in [7, 11) is 0. The third-order valence-corrected chi connectivity index (χ3v) is 10.0. The zero-order chi connectivity index (χ0) is 34.5. The molecule has 0 saturated carbocycles. The summed E-state index contributed by atoms with van der Waals surface area (Å²) in [6, 6.07) is 56.4. The Morgan fingerprint density at radius 3 is 1.76 bits per heavy atom. The first-order valence-corrected chi connectivity index (χ1v) is 17.5. The molecule has 9 rings (SSSR count). The van der Waals surface area contributed by atoms with Crippen molar-refractivity contribution in [2.75, 3.05) is 0 Å². The van der Waals surface area contributed by atoms with Gasteiger partial charge in [-0.3, -0.25) is 10.4 Å². The van der Waals surface area contributed by atoms with Crippen molar-refractivity contribution in [1.29, 1.82) is 5.41 Å². The zero-order valence-corrected chi connectivity index (χ0v) is 28.9. The van der Waals surface area contributed by atoms with Crippen molar-refractivity contribution in [3.8, 4) is 22.3 Å². The molecule has 0 aliphatic rings. The monoisotopic (exact) mass is 663 g/mol. The van der Waals surface area contributed by atoms with E-state index in [4.69, 9.17) is 11.1 Å². The highest BCUT2D eigenvalue weighted by atomic mass is 32.1. The summed E-state index contributed by atoms with van der Waals surface area (Å²) in [4.78, 5) is 4.68. The molecule has 0 amide bonds. The van der Waals surface area contributed by atoms with E-state index in [0.29, 0.717) is 0 Å². The maximum absolute atomic E-state index is 8.47. The van der Waals surface area contributed by atoms with Gasteiger partial charge in [0, 0.05) is 27.4 Å². The minimum absolute atomic E-state index is 0.0609. The molecule has 0 atom stereocenters. The van der Waals surface area contributed by atoms with Crippen LogP contribution in [0.1, 0.15) is 16.7 Å². The summed E-state index contributed by atoms with van der Waals surface area (Å²) in [6.45, 7) is 4.17. The Hall–Kier alpha value is -6.10. The SMILES string of the molecule is Cc1ccccc1.Cc1ccccc1.N=C(N)c1cc(-c2ccnc3c2sc2ccccc23)ccc1-c1cc2ccccc2c2ccccc12. The zero-order valence-electron chi connectivity index (χ0n) is 28.1. The van der Waals surface area contributed by atoms with Gasteiger partial charge in [0.05, 0.1) is 10.2 Å². The van der Waals surface area contributed by atoms with Crippen LogP contribution in [0.4, 0.5) is 0 Å². The van der Waals surface area contributed by atoms with Crippen LogP contribution in [0.5, 0.6) is 0 Å². The third-order valence-electron chi connectivity index (χ3n) is 8.82. The molecular formula is C46H37N3S. The number of aryl methyl sites for hydroxylation is 2. The van der Waals surface area contributed by atoms with Crippen molar-refractivity contribution < 1.29 is 0 Å². The molecule has 9 aromatic rings. The van der Waals surface area contributed by atoms with Gasteiger partial charge in [0.2, 0.25) is 0 Å². The highest BCUT2D eigenvalue weighted by molar-refractivity contribution is 7.26. The number of nitrogens with zero attached hydrogens (tertiary/aromatic N) is 1. The minimum Gasteiger partial charge on any atom is -0.384 e. The molecule has 2 heterocycles. The predicted molar refractivity (Wildman–Crippen MR) is 216 cm³/mol. The molecule has 0 radical (unpaired) electrons. The van der Waals surface area contributed by atoms with E-state index >= 15 is 0 Å². The van der Waals surface area contributed by atoms with Gasteiger partial charge in [-0.2, -0.15) is 0 Å². The fourth-order valence-corrected chi connectivity index (χ4v) is 7.54. The molecule has 0 saturated heterocycles. The van der Waals surface area contributed by atoms with Gasteiger partial charge in [0.25, 0.3) is 0 Å². The summed E-state index contributed by atoms with van der Waals surface area (Å²) in [6.07, 6.45) is 1.87. The molecule has 0 bridgehead atoms. The van der Waals surface area contributed by atoms with Crippen LogP contribution in [0.3, 0.4) is 0 Å². The van der Waals surface area contributed by atoms with E-state index in [-0.39, 0.29) is 5.84 Å². The number of fused-ring (bicyclic) bond motifs is 6. The van der Waals surface area contributed by atoms with Crippen molar-refractivity contribution in [2.45, 2.75) is 13.8 Å². The Morgan fingerprint density at radius 2 is 1.12 bits per heavy atom. The molecule has 242 valence electrons. The van der Waals surface area contributed by atoms with E-state index in [1.807, 2.05) is 42.6 Å². The van der Waals surface area contributed by atoms with Crippen LogP contribution in [0, 0.1) is 19.3 Å². The average Bonchev–Trinajstić information content (AvgIpc) is 3.55. The van der Waals surface area contributed by atoms with E-state index < -0.39 is 0 Å². The lowest BCUT2D eigenvalue weighted by Crippen LogP contribution is -2.12. The smallest absolute Gasteiger partial charge is 0.123 e. The van der Waals surface area contributed by atoms with E-state index in [9.17, 15) is 0 Å². The van der Waals surface area contributed by atoms with Gasteiger partial charge in [-0.15, -0.1) is 11.3 Å². The van der Waals surface area contributed by atoms with Crippen molar-refractivity contribution in [3.05, 3.63) is 187 Å². The van der Waals surface area contributed by atoms with E-state index in [1.165, 1.54) is 37.4 Å². The van der Waals surface area contributed by atoms with Crippen LogP contribution in [0.25, 0.3) is 64.1 Å². The maximum atomic E-state index is 8.47. The third kappa shape index (κ3) is 6.75. The van der Waals surface area contributed by atoms with Gasteiger partial charge >= 0.3 is 0 Å². The van der Waals surface area contributed by atoms with Crippen LogP contribution in [0.2, 0.25) is 0 Å².